The molecule has 1 saturated heterocycles. The standard InChI is InChI=1S/C19H18N2O4S3/c1-3-23-18(22)14-15(19-24-10(2)25-19)17(28-16(14)20)21-9-11-6-7-13(27-11)12-5-4-8-26-12/h4-10,19H,3,20H2,1-2H3/b21-9+. The van der Waals surface area contributed by atoms with Crippen molar-refractivity contribution < 1.29 is 19.0 Å². The summed E-state index contributed by atoms with van der Waals surface area (Å²) in [6.07, 6.45) is 0.775. The lowest BCUT2D eigenvalue weighted by Crippen LogP contribution is -2.32. The van der Waals surface area contributed by atoms with Gasteiger partial charge in [-0.2, -0.15) is 0 Å². The second-order valence-electron chi connectivity index (χ2n) is 5.89. The number of aliphatic imine (C=N–C) groups is 1. The number of nitrogens with two attached hydrogens (primary N) is 1. The van der Waals surface area contributed by atoms with Crippen molar-refractivity contribution in [3.8, 4) is 9.75 Å². The third-order valence-electron chi connectivity index (χ3n) is 4.00. The summed E-state index contributed by atoms with van der Waals surface area (Å²) >= 11 is 4.57. The number of nitrogens with zero attached hydrogens (tertiary/aromatic N) is 1. The Labute approximate surface area is 174 Å². The summed E-state index contributed by atoms with van der Waals surface area (Å²) in [5.74, 6) is -0.490. The van der Waals surface area contributed by atoms with Gasteiger partial charge in [0.2, 0.25) is 0 Å². The van der Waals surface area contributed by atoms with Crippen LogP contribution in [-0.4, -0.2) is 25.1 Å². The Morgan fingerprint density at radius 3 is 2.79 bits per heavy atom. The Bertz CT molecular complexity index is 1000. The quantitative estimate of drug-likeness (QED) is 0.413. The fourth-order valence-corrected chi connectivity index (χ4v) is 5.40. The van der Waals surface area contributed by atoms with Crippen molar-refractivity contribution in [1.82, 2.24) is 0 Å². The van der Waals surface area contributed by atoms with Crippen LogP contribution >= 0.6 is 34.0 Å². The van der Waals surface area contributed by atoms with Crippen LogP contribution in [0.2, 0.25) is 0 Å². The van der Waals surface area contributed by atoms with Gasteiger partial charge in [-0.1, -0.05) is 17.4 Å². The molecule has 1 fully saturated rings. The normalized spacial score (nSPS) is 19.1. The van der Waals surface area contributed by atoms with Crippen LogP contribution in [0, 0.1) is 0 Å². The second kappa shape index (κ2) is 8.14. The molecule has 0 amide bonds. The van der Waals surface area contributed by atoms with Crippen molar-refractivity contribution in [2.45, 2.75) is 26.4 Å². The molecule has 4 heterocycles. The highest BCUT2D eigenvalue weighted by molar-refractivity contribution is 7.22. The topological polar surface area (TPSA) is 83.1 Å². The summed E-state index contributed by atoms with van der Waals surface area (Å²) in [5, 5.41) is 2.99. The summed E-state index contributed by atoms with van der Waals surface area (Å²) in [5.41, 5.74) is 6.91. The lowest BCUT2D eigenvalue weighted by atomic mass is 10.1. The number of carbonyl (C=O) groups is 1. The summed E-state index contributed by atoms with van der Waals surface area (Å²) in [4.78, 5) is 20.4. The summed E-state index contributed by atoms with van der Waals surface area (Å²) in [6.45, 7) is 3.80. The number of rotatable bonds is 6. The van der Waals surface area contributed by atoms with Crippen molar-refractivity contribution in [2.75, 3.05) is 12.3 Å². The molecule has 0 spiro atoms. The third kappa shape index (κ3) is 3.76. The van der Waals surface area contributed by atoms with Gasteiger partial charge in [0.05, 0.1) is 12.2 Å². The maximum Gasteiger partial charge on any atom is 0.341 e. The van der Waals surface area contributed by atoms with E-state index >= 15 is 0 Å². The predicted molar refractivity (Wildman–Crippen MR) is 114 cm³/mol. The third-order valence-corrected chi connectivity index (χ3v) is 7.03. The molecule has 0 bridgehead atoms. The number of hydrogen-bond donors (Lipinski definition) is 1. The number of ether oxygens (including phenoxy) is 3. The number of thiophene rings is 3. The van der Waals surface area contributed by atoms with Crippen LogP contribution < -0.4 is 5.73 Å². The van der Waals surface area contributed by atoms with E-state index in [9.17, 15) is 4.79 Å². The molecule has 9 heteroatoms. The van der Waals surface area contributed by atoms with Gasteiger partial charge in [-0.15, -0.1) is 22.7 Å². The Balaban J connectivity index is 1.64. The first-order chi connectivity index (χ1) is 13.6. The largest absolute Gasteiger partial charge is 0.462 e. The highest BCUT2D eigenvalue weighted by atomic mass is 32.1. The first kappa shape index (κ1) is 19.3. The van der Waals surface area contributed by atoms with Gasteiger partial charge in [0.15, 0.2) is 12.6 Å². The first-order valence-corrected chi connectivity index (χ1v) is 11.2. The fourth-order valence-electron chi connectivity index (χ4n) is 2.77. The number of carbonyl (C=O) groups excluding carboxylic acids is 1. The summed E-state index contributed by atoms with van der Waals surface area (Å²) in [7, 11) is 0. The molecule has 1 aliphatic heterocycles. The molecule has 146 valence electrons. The monoisotopic (exact) mass is 434 g/mol. The molecule has 6 nitrogen and oxygen atoms in total. The highest BCUT2D eigenvalue weighted by Gasteiger charge is 2.37. The second-order valence-corrected chi connectivity index (χ2v) is 8.98. The number of nitrogen functional groups attached to an aromatic ring is 1. The number of hydrogen-bond acceptors (Lipinski definition) is 9. The highest BCUT2D eigenvalue weighted by Crippen LogP contribution is 2.47. The number of esters is 1. The average Bonchev–Trinajstić information content (AvgIpc) is 3.37. The van der Waals surface area contributed by atoms with Crippen LogP contribution in [0.15, 0.2) is 34.6 Å². The lowest BCUT2D eigenvalue weighted by Gasteiger charge is -2.34. The lowest BCUT2D eigenvalue weighted by molar-refractivity contribution is -0.382. The van der Waals surface area contributed by atoms with Gasteiger partial charge in [0.25, 0.3) is 0 Å². The molecule has 0 aliphatic carbocycles. The van der Waals surface area contributed by atoms with Crippen molar-refractivity contribution in [3.05, 3.63) is 45.6 Å². The molecule has 2 N–H and O–H groups in total. The molecule has 0 saturated carbocycles. The van der Waals surface area contributed by atoms with E-state index in [0.717, 1.165) is 4.88 Å². The van der Waals surface area contributed by atoms with Crippen LogP contribution in [0.3, 0.4) is 0 Å². The maximum absolute atomic E-state index is 12.4. The van der Waals surface area contributed by atoms with Crippen LogP contribution in [0.1, 0.15) is 40.9 Å². The molecular weight excluding hydrogens is 416 g/mol. The van der Waals surface area contributed by atoms with Crippen LogP contribution in [-0.2, 0) is 14.2 Å². The minimum Gasteiger partial charge on any atom is -0.462 e. The zero-order valence-corrected chi connectivity index (χ0v) is 17.7. The molecule has 0 aromatic carbocycles. The van der Waals surface area contributed by atoms with E-state index in [1.165, 1.54) is 21.1 Å². The van der Waals surface area contributed by atoms with E-state index in [1.54, 1.807) is 42.7 Å². The molecule has 3 aromatic heterocycles. The fraction of sp³-hybridized carbons (Fsp3) is 0.263. The van der Waals surface area contributed by atoms with E-state index in [4.69, 9.17) is 19.9 Å². The van der Waals surface area contributed by atoms with Crippen molar-refractivity contribution in [3.63, 3.8) is 0 Å². The minimum absolute atomic E-state index is 0.260. The summed E-state index contributed by atoms with van der Waals surface area (Å²) < 4.78 is 16.4. The Kier molecular flexibility index (Phi) is 5.61. The SMILES string of the molecule is CCOC(=O)c1c(N)sc(/N=C/c2ccc(-c3cccs3)s2)c1C1OC(C)O1. The van der Waals surface area contributed by atoms with Crippen molar-refractivity contribution in [2.24, 2.45) is 4.99 Å². The Morgan fingerprint density at radius 2 is 2.11 bits per heavy atom. The van der Waals surface area contributed by atoms with E-state index in [-0.39, 0.29) is 18.5 Å². The molecule has 0 atom stereocenters. The van der Waals surface area contributed by atoms with Gasteiger partial charge in [-0.25, -0.2) is 9.79 Å². The molecule has 0 unspecified atom stereocenters. The van der Waals surface area contributed by atoms with Crippen LogP contribution in [0.5, 0.6) is 0 Å². The average molecular weight is 435 g/mol. The number of anilines is 1. The molecule has 0 radical (unpaired) electrons. The molecule has 3 aromatic rings. The maximum atomic E-state index is 12.4. The predicted octanol–water partition coefficient (Wildman–Crippen LogP) is 5.44. The van der Waals surface area contributed by atoms with Crippen molar-refractivity contribution >= 4 is 56.2 Å². The van der Waals surface area contributed by atoms with Gasteiger partial charge in [-0.3, -0.25) is 0 Å². The van der Waals surface area contributed by atoms with Gasteiger partial charge in [-0.05, 0) is 37.4 Å². The Hall–Kier alpha value is -2.04. The Morgan fingerprint density at radius 1 is 1.29 bits per heavy atom. The zero-order valence-electron chi connectivity index (χ0n) is 15.2. The molecule has 1 aliphatic rings. The van der Waals surface area contributed by atoms with Crippen molar-refractivity contribution in [1.29, 1.82) is 0 Å². The van der Waals surface area contributed by atoms with Crippen LogP contribution in [0.25, 0.3) is 9.75 Å². The molecular formula is C19H18N2O4S3. The summed E-state index contributed by atoms with van der Waals surface area (Å²) in [6, 6.07) is 8.22. The minimum atomic E-state index is -0.667. The smallest absolute Gasteiger partial charge is 0.341 e. The van der Waals surface area contributed by atoms with E-state index in [0.29, 0.717) is 15.6 Å². The first-order valence-electron chi connectivity index (χ1n) is 8.64. The van der Waals surface area contributed by atoms with Crippen LogP contribution in [0.4, 0.5) is 10.0 Å². The van der Waals surface area contributed by atoms with E-state index < -0.39 is 12.3 Å². The molecule has 28 heavy (non-hydrogen) atoms. The zero-order chi connectivity index (χ0) is 19.7. The van der Waals surface area contributed by atoms with Gasteiger partial charge in [0, 0.05) is 20.8 Å². The van der Waals surface area contributed by atoms with E-state index in [2.05, 4.69) is 22.5 Å². The van der Waals surface area contributed by atoms with Gasteiger partial charge < -0.3 is 19.9 Å². The van der Waals surface area contributed by atoms with Gasteiger partial charge in [0.1, 0.15) is 15.6 Å². The molecule has 4 rings (SSSR count). The van der Waals surface area contributed by atoms with Gasteiger partial charge >= 0.3 is 5.97 Å². The van der Waals surface area contributed by atoms with E-state index in [1.807, 2.05) is 12.1 Å².